The number of anilines is 2. The Bertz CT molecular complexity index is 922. The van der Waals surface area contributed by atoms with Crippen LogP contribution in [0.15, 0.2) is 48.7 Å². The van der Waals surface area contributed by atoms with E-state index >= 15 is 0 Å². The number of methoxy groups -OCH3 is 1. The summed E-state index contributed by atoms with van der Waals surface area (Å²) in [4.78, 5) is 16.8. The van der Waals surface area contributed by atoms with Gasteiger partial charge in [0.2, 0.25) is 0 Å². The van der Waals surface area contributed by atoms with Crippen LogP contribution in [0.5, 0.6) is 5.75 Å². The van der Waals surface area contributed by atoms with E-state index in [4.69, 9.17) is 9.47 Å². The van der Waals surface area contributed by atoms with E-state index in [-0.39, 0.29) is 0 Å². The maximum atomic E-state index is 12.4. The number of rotatable bonds is 5. The Labute approximate surface area is 146 Å². The van der Waals surface area contributed by atoms with Gasteiger partial charge in [0.25, 0.3) is 0 Å². The van der Waals surface area contributed by atoms with Gasteiger partial charge in [0, 0.05) is 23.3 Å². The molecule has 0 saturated carbocycles. The number of esters is 1. The van der Waals surface area contributed by atoms with Crippen LogP contribution >= 0.6 is 0 Å². The van der Waals surface area contributed by atoms with E-state index in [0.717, 1.165) is 22.2 Å². The zero-order valence-electron chi connectivity index (χ0n) is 14.5. The quantitative estimate of drug-likeness (QED) is 0.697. The van der Waals surface area contributed by atoms with Gasteiger partial charge in [0.15, 0.2) is 0 Å². The number of benzene rings is 2. The zero-order chi connectivity index (χ0) is 17.8. The number of nitrogens with zero attached hydrogens (tertiary/aromatic N) is 1. The molecule has 3 aromatic rings. The summed E-state index contributed by atoms with van der Waals surface area (Å²) in [5.41, 5.74) is 3.83. The van der Waals surface area contributed by atoms with Crippen LogP contribution in [0.4, 0.5) is 11.4 Å². The number of ether oxygens (including phenoxy) is 2. The number of para-hydroxylation sites is 1. The molecule has 0 spiro atoms. The van der Waals surface area contributed by atoms with Gasteiger partial charge in [-0.1, -0.05) is 18.2 Å². The minimum atomic E-state index is -0.399. The van der Waals surface area contributed by atoms with E-state index in [0.29, 0.717) is 23.6 Å². The predicted octanol–water partition coefficient (Wildman–Crippen LogP) is 4.47. The molecule has 5 heteroatoms. The van der Waals surface area contributed by atoms with Crippen molar-refractivity contribution >= 4 is 28.2 Å². The van der Waals surface area contributed by atoms with Crippen molar-refractivity contribution in [2.75, 3.05) is 19.0 Å². The number of fused-ring (bicyclic) bond motifs is 1. The highest BCUT2D eigenvalue weighted by molar-refractivity contribution is 6.06. The average molecular weight is 336 g/mol. The zero-order valence-corrected chi connectivity index (χ0v) is 14.5. The molecule has 128 valence electrons. The smallest absolute Gasteiger partial charge is 0.341 e. The van der Waals surface area contributed by atoms with Crippen LogP contribution in [0, 0.1) is 6.92 Å². The van der Waals surface area contributed by atoms with E-state index in [1.165, 1.54) is 0 Å². The maximum Gasteiger partial charge on any atom is 0.341 e. The van der Waals surface area contributed by atoms with Gasteiger partial charge in [0.1, 0.15) is 11.3 Å². The van der Waals surface area contributed by atoms with Gasteiger partial charge in [-0.15, -0.1) is 0 Å². The monoisotopic (exact) mass is 336 g/mol. The summed E-state index contributed by atoms with van der Waals surface area (Å²) in [5, 5.41) is 4.21. The summed E-state index contributed by atoms with van der Waals surface area (Å²) in [6, 6.07) is 13.5. The first-order chi connectivity index (χ1) is 12.1. The van der Waals surface area contributed by atoms with Crippen molar-refractivity contribution in [3.8, 4) is 5.75 Å². The molecule has 0 aliphatic rings. The molecule has 25 heavy (non-hydrogen) atoms. The van der Waals surface area contributed by atoms with E-state index in [1.54, 1.807) is 20.2 Å². The Morgan fingerprint density at radius 1 is 1.20 bits per heavy atom. The minimum Gasteiger partial charge on any atom is -0.497 e. The van der Waals surface area contributed by atoms with Gasteiger partial charge in [0.05, 0.1) is 24.9 Å². The molecule has 0 fully saturated rings. The number of carbonyl (C=O) groups is 1. The molecule has 0 aliphatic carbocycles. The van der Waals surface area contributed by atoms with Gasteiger partial charge in [-0.25, -0.2) is 4.79 Å². The fourth-order valence-electron chi connectivity index (χ4n) is 2.65. The molecule has 0 bridgehead atoms. The molecule has 1 aromatic heterocycles. The van der Waals surface area contributed by atoms with Crippen molar-refractivity contribution in [2.24, 2.45) is 0 Å². The Balaban J connectivity index is 2.18. The molecule has 3 rings (SSSR count). The normalized spacial score (nSPS) is 10.5. The van der Waals surface area contributed by atoms with Crippen LogP contribution in [-0.4, -0.2) is 24.7 Å². The maximum absolute atomic E-state index is 12.4. The van der Waals surface area contributed by atoms with E-state index < -0.39 is 5.97 Å². The number of hydrogen-bond acceptors (Lipinski definition) is 5. The van der Waals surface area contributed by atoms with Crippen molar-refractivity contribution in [1.29, 1.82) is 0 Å². The topological polar surface area (TPSA) is 60.5 Å². The van der Waals surface area contributed by atoms with Crippen molar-refractivity contribution in [3.05, 3.63) is 59.8 Å². The van der Waals surface area contributed by atoms with Gasteiger partial charge in [-0.3, -0.25) is 4.98 Å². The Morgan fingerprint density at radius 2 is 2.00 bits per heavy atom. The summed E-state index contributed by atoms with van der Waals surface area (Å²) in [5.74, 6) is 0.314. The second-order valence-corrected chi connectivity index (χ2v) is 5.59. The second-order valence-electron chi connectivity index (χ2n) is 5.59. The van der Waals surface area contributed by atoms with Gasteiger partial charge >= 0.3 is 5.97 Å². The molecule has 0 aliphatic heterocycles. The highest BCUT2D eigenvalue weighted by Gasteiger charge is 2.17. The second kappa shape index (κ2) is 7.21. The number of hydrogen-bond donors (Lipinski definition) is 1. The summed E-state index contributed by atoms with van der Waals surface area (Å²) in [7, 11) is 1.61. The Morgan fingerprint density at radius 3 is 2.72 bits per heavy atom. The predicted molar refractivity (Wildman–Crippen MR) is 98.7 cm³/mol. The fraction of sp³-hybridized carbons (Fsp3) is 0.200. The van der Waals surface area contributed by atoms with E-state index in [9.17, 15) is 4.79 Å². The summed E-state index contributed by atoms with van der Waals surface area (Å²) in [6.45, 7) is 4.10. The highest BCUT2D eigenvalue weighted by atomic mass is 16.5. The molecule has 0 amide bonds. The molecule has 0 atom stereocenters. The fourth-order valence-corrected chi connectivity index (χ4v) is 2.65. The molecule has 0 unspecified atom stereocenters. The third-order valence-corrected chi connectivity index (χ3v) is 3.98. The van der Waals surface area contributed by atoms with Crippen LogP contribution in [0.3, 0.4) is 0 Å². The first-order valence-electron chi connectivity index (χ1n) is 8.10. The number of nitrogens with one attached hydrogen (secondary N) is 1. The summed E-state index contributed by atoms with van der Waals surface area (Å²) < 4.78 is 10.5. The lowest BCUT2D eigenvalue weighted by Crippen LogP contribution is -2.09. The van der Waals surface area contributed by atoms with Crippen molar-refractivity contribution < 1.29 is 14.3 Å². The largest absolute Gasteiger partial charge is 0.497 e. The molecule has 5 nitrogen and oxygen atoms in total. The lowest BCUT2D eigenvalue weighted by molar-refractivity contribution is 0.0527. The molecular weight excluding hydrogens is 316 g/mol. The molecule has 2 aromatic carbocycles. The number of aromatic nitrogens is 1. The molecule has 0 radical (unpaired) electrons. The Hall–Kier alpha value is -3.08. The number of pyridine rings is 1. The van der Waals surface area contributed by atoms with Crippen LogP contribution in [0.2, 0.25) is 0 Å². The van der Waals surface area contributed by atoms with Crippen molar-refractivity contribution in [1.82, 2.24) is 4.98 Å². The molecule has 0 saturated heterocycles. The van der Waals surface area contributed by atoms with Gasteiger partial charge in [-0.2, -0.15) is 0 Å². The van der Waals surface area contributed by atoms with E-state index in [2.05, 4.69) is 10.3 Å². The Kier molecular flexibility index (Phi) is 4.84. The first-order valence-corrected chi connectivity index (χ1v) is 8.10. The number of carbonyl (C=O) groups excluding carboxylic acids is 1. The standard InChI is InChI=1S/C20H20N2O3/c1-4-25-20(23)16-12-21-18-11-14(24-3)9-10-15(18)19(16)22-17-8-6-5-7-13(17)2/h5-12H,4H2,1-3H3,(H,21,22). The third-order valence-electron chi connectivity index (χ3n) is 3.98. The lowest BCUT2D eigenvalue weighted by Gasteiger charge is -2.16. The summed E-state index contributed by atoms with van der Waals surface area (Å²) in [6.07, 6.45) is 1.54. The van der Waals surface area contributed by atoms with Gasteiger partial charge < -0.3 is 14.8 Å². The molecule has 1 N–H and O–H groups in total. The average Bonchev–Trinajstić information content (AvgIpc) is 2.63. The lowest BCUT2D eigenvalue weighted by atomic mass is 10.1. The first kappa shape index (κ1) is 16.8. The SMILES string of the molecule is CCOC(=O)c1cnc2cc(OC)ccc2c1Nc1ccccc1C. The van der Waals surface area contributed by atoms with Gasteiger partial charge in [-0.05, 0) is 37.6 Å². The van der Waals surface area contributed by atoms with Crippen LogP contribution in [0.25, 0.3) is 10.9 Å². The van der Waals surface area contributed by atoms with Crippen molar-refractivity contribution in [3.63, 3.8) is 0 Å². The van der Waals surface area contributed by atoms with Crippen molar-refractivity contribution in [2.45, 2.75) is 13.8 Å². The van der Waals surface area contributed by atoms with Crippen LogP contribution < -0.4 is 10.1 Å². The molecule has 1 heterocycles. The summed E-state index contributed by atoms with van der Waals surface area (Å²) >= 11 is 0. The van der Waals surface area contributed by atoms with Crippen LogP contribution in [-0.2, 0) is 4.74 Å². The third kappa shape index (κ3) is 3.40. The molecular formula is C20H20N2O3. The van der Waals surface area contributed by atoms with Crippen LogP contribution in [0.1, 0.15) is 22.8 Å². The van der Waals surface area contributed by atoms with E-state index in [1.807, 2.05) is 49.4 Å². The highest BCUT2D eigenvalue weighted by Crippen LogP contribution is 2.32. The number of aryl methyl sites for hydroxylation is 1. The minimum absolute atomic E-state index is 0.309.